The number of benzene rings is 4. The van der Waals surface area contributed by atoms with E-state index in [2.05, 4.69) is 37.2 Å². The Bertz CT molecular complexity index is 3860. The number of amides is 8. The number of hydrogen-bond donors (Lipinski definition) is 14. The summed E-state index contributed by atoms with van der Waals surface area (Å²) in [6, 6.07) is 9.99. The van der Waals surface area contributed by atoms with E-state index in [0.29, 0.717) is 17.7 Å². The van der Waals surface area contributed by atoms with Crippen LogP contribution < -0.4 is 42.0 Å². The van der Waals surface area contributed by atoms with E-state index in [-0.39, 0.29) is 90.0 Å². The summed E-state index contributed by atoms with van der Waals surface area (Å²) in [7, 11) is 1.27. The number of carbonyl (C=O) groups excluding carboxylic acids is 11. The first-order valence-corrected chi connectivity index (χ1v) is 35.2. The first-order chi connectivity index (χ1) is 48.8. The number of nitrogens with zero attached hydrogens (tertiary/aromatic N) is 1. The van der Waals surface area contributed by atoms with Crippen molar-refractivity contribution in [3.8, 4) is 23.0 Å². The van der Waals surface area contributed by atoms with Crippen LogP contribution in [-0.2, 0) is 76.0 Å². The van der Waals surface area contributed by atoms with Gasteiger partial charge in [0.2, 0.25) is 53.0 Å². The number of ketones is 3. The molecule has 31 heteroatoms. The lowest BCUT2D eigenvalue weighted by atomic mass is 9.72. The van der Waals surface area contributed by atoms with E-state index in [4.69, 9.17) is 14.2 Å². The summed E-state index contributed by atoms with van der Waals surface area (Å²) in [5.74, 6) is -12.3. The Kier molecular flexibility index (Phi) is 27.0. The van der Waals surface area contributed by atoms with Crippen LogP contribution >= 0.6 is 11.8 Å². The molecule has 0 radical (unpaired) electrons. The van der Waals surface area contributed by atoms with Gasteiger partial charge >= 0.3 is 5.97 Å². The molecule has 0 saturated carbocycles. The number of aliphatic hydroxyl groups excluding tert-OH is 2. The van der Waals surface area contributed by atoms with Gasteiger partial charge in [-0.2, -0.15) is 11.8 Å². The number of rotatable bonds is 32. The van der Waals surface area contributed by atoms with Crippen LogP contribution in [0.5, 0.6) is 23.0 Å². The molecule has 4 aliphatic rings. The van der Waals surface area contributed by atoms with Crippen LogP contribution in [-0.4, -0.2) is 210 Å². The summed E-state index contributed by atoms with van der Waals surface area (Å²) < 4.78 is 17.9. The Morgan fingerprint density at radius 3 is 2.03 bits per heavy atom. The lowest BCUT2D eigenvalue weighted by Crippen LogP contribution is -2.61. The molecule has 30 nitrogen and oxygen atoms in total. The zero-order chi connectivity index (χ0) is 75.3. The molecule has 8 rings (SSSR count). The van der Waals surface area contributed by atoms with Crippen LogP contribution in [0, 0.1) is 11.8 Å². The summed E-state index contributed by atoms with van der Waals surface area (Å²) >= 11 is 1.26. The second kappa shape index (κ2) is 35.1. The summed E-state index contributed by atoms with van der Waals surface area (Å²) in [6.07, 6.45) is -7.86. The van der Waals surface area contributed by atoms with Gasteiger partial charge in [0.05, 0.1) is 48.6 Å². The second-order valence-electron chi connectivity index (χ2n) is 27.1. The standard InChI is InChI=1S/C72H90N8O22S/c1-35(2)25-46(79-70(97)50-16-12-24-80(50)71(98)44(74-38(6)82)22-23-55(86)87)66(93)73-31-54(85)75-49(34-103-33-40-13-9-8-10-14-40)69(96)78-48(27-39-18-20-41(83)21-19-39)68(95)77-47(26-36(3)4)67(94)76-45-28-56(101-37(5)61(45)88)102-52-30-72(99,53(84)32-81)29-43-58(52)65(92)60-59(63(43)90)62(89)42-15-11-17-51(100-7)57(42)64(60)91/h8-11,13-15,17-21,35-37,44-50,52,56,61,81,83,88,90,92,99H,12,16,22-34H2,1-7H3,(H,73,93)(H,74,82)(H,75,85)(H,76,94)(H,77,95)(H,78,96)(H,79,97)(H,86,87)/t37-,44-,45-,46-,47-,48-,49-,50-,52-,56-,61+,72-/m0/s1. The van der Waals surface area contributed by atoms with Gasteiger partial charge < -0.3 is 92.1 Å². The van der Waals surface area contributed by atoms with Gasteiger partial charge in [0.25, 0.3) is 0 Å². The van der Waals surface area contributed by atoms with Crippen LogP contribution in [0.15, 0.2) is 72.8 Å². The minimum atomic E-state index is -2.50. The fraction of sp³-hybridized carbons (Fsp3) is 0.500. The van der Waals surface area contributed by atoms with Gasteiger partial charge in [0.15, 0.2) is 17.9 Å². The fourth-order valence-corrected chi connectivity index (χ4v) is 14.3. The number of carboxylic acid groups (broad SMARTS) is 1. The molecule has 0 spiro atoms. The SMILES string of the molecule is COc1cccc2c1C(=O)c1c(O)c3c(c(O)c1C2=O)C[C@@](O)(C(=O)CO)C[C@@H]3O[C@H]1C[C@H](NC(=O)[C@H](CC(C)C)NC(=O)[C@H](Cc2ccc(O)cc2)NC(=O)[C@H](CSCc2ccccc2)NC(=O)CNC(=O)[C@H](CC(C)C)NC(=O)[C@@H]2CCCN2C(=O)[C@H](CCC(=O)O)NC(C)=O)[C@H](O)[C@H](C)O1. The van der Waals surface area contributed by atoms with Gasteiger partial charge in [-0.3, -0.25) is 57.5 Å². The highest BCUT2D eigenvalue weighted by Crippen LogP contribution is 2.53. The molecule has 14 N–H and O–H groups in total. The Balaban J connectivity index is 0.991. The number of aliphatic hydroxyl groups is 3. The Morgan fingerprint density at radius 2 is 1.39 bits per heavy atom. The van der Waals surface area contributed by atoms with E-state index in [0.717, 1.165) is 5.56 Å². The number of hydrogen-bond acceptors (Lipinski definition) is 22. The maximum Gasteiger partial charge on any atom is 0.303 e. The minimum Gasteiger partial charge on any atom is -0.508 e. The second-order valence-corrected chi connectivity index (χ2v) is 28.2. The molecule has 2 fully saturated rings. The van der Waals surface area contributed by atoms with Gasteiger partial charge in [-0.1, -0.05) is 82.3 Å². The van der Waals surface area contributed by atoms with Crippen LogP contribution in [0.1, 0.15) is 153 Å². The van der Waals surface area contributed by atoms with Crippen molar-refractivity contribution in [2.45, 2.75) is 184 Å². The van der Waals surface area contributed by atoms with E-state index in [1.165, 1.54) is 80.1 Å². The van der Waals surface area contributed by atoms with Gasteiger partial charge in [-0.15, -0.1) is 0 Å². The van der Waals surface area contributed by atoms with Crippen LogP contribution in [0.3, 0.4) is 0 Å². The molecule has 2 aliphatic carbocycles. The maximum absolute atomic E-state index is 14.9. The van der Waals surface area contributed by atoms with Crippen molar-refractivity contribution in [2.75, 3.05) is 32.6 Å². The third-order valence-electron chi connectivity index (χ3n) is 18.4. The van der Waals surface area contributed by atoms with E-state index in [1.54, 1.807) is 27.7 Å². The Hall–Kier alpha value is -9.53. The van der Waals surface area contributed by atoms with Crippen molar-refractivity contribution in [1.82, 2.24) is 42.1 Å². The molecule has 2 saturated heterocycles. The summed E-state index contributed by atoms with van der Waals surface area (Å²) in [5.41, 5.74) is -3.45. The average Bonchev–Trinajstić information content (AvgIpc) is 0.985. The molecule has 8 amide bonds. The number of phenolic OH excluding ortho intramolecular Hbond substituents is 3. The van der Waals surface area contributed by atoms with Crippen molar-refractivity contribution in [3.05, 3.63) is 117 Å². The number of fused-ring (bicyclic) bond motifs is 3. The third kappa shape index (κ3) is 19.6. The number of methoxy groups -OCH3 is 1. The van der Waals surface area contributed by atoms with Crippen molar-refractivity contribution in [3.63, 3.8) is 0 Å². The maximum atomic E-state index is 14.9. The number of thioether (sulfide) groups is 1. The molecule has 4 aromatic carbocycles. The number of nitrogens with one attached hydrogen (secondary N) is 7. The summed E-state index contributed by atoms with van der Waals surface area (Å²) in [4.78, 5) is 166. The molecule has 0 bridgehead atoms. The van der Waals surface area contributed by atoms with E-state index in [1.807, 2.05) is 30.3 Å². The van der Waals surface area contributed by atoms with Gasteiger partial charge in [0, 0.05) is 73.8 Å². The zero-order valence-corrected chi connectivity index (χ0v) is 59.0. The molecule has 0 aromatic heterocycles. The Morgan fingerprint density at radius 1 is 0.738 bits per heavy atom. The summed E-state index contributed by atoms with van der Waals surface area (Å²) in [5, 5.41) is 95.7. The van der Waals surface area contributed by atoms with Gasteiger partial charge in [-0.05, 0) is 80.2 Å². The summed E-state index contributed by atoms with van der Waals surface area (Å²) in [6.45, 7) is 7.96. The fourth-order valence-electron chi connectivity index (χ4n) is 13.3. The number of aliphatic carboxylic acids is 1. The number of Topliss-reactive ketones (excluding diaryl/α,β-unsaturated/α-hetero) is 1. The number of phenols is 3. The lowest BCUT2D eigenvalue weighted by molar-refractivity contribution is -0.249. The van der Waals surface area contributed by atoms with Crippen LogP contribution in [0.25, 0.3) is 0 Å². The minimum absolute atomic E-state index is 0.0113. The average molecular weight is 1450 g/mol. The lowest BCUT2D eigenvalue weighted by Gasteiger charge is -2.43. The number of carboxylic acids is 1. The predicted molar refractivity (Wildman–Crippen MR) is 369 cm³/mol. The van der Waals surface area contributed by atoms with E-state index >= 15 is 0 Å². The predicted octanol–water partition coefficient (Wildman–Crippen LogP) is 1.55. The molecule has 556 valence electrons. The van der Waals surface area contributed by atoms with E-state index in [9.17, 15) is 93.3 Å². The van der Waals surface area contributed by atoms with Crippen molar-refractivity contribution < 1.29 is 107 Å². The number of likely N-dealkylation sites (tertiary alicyclic amines) is 1. The monoisotopic (exact) mass is 1450 g/mol. The van der Waals surface area contributed by atoms with Gasteiger partial charge in [-0.25, -0.2) is 0 Å². The van der Waals surface area contributed by atoms with E-state index < -0.39 is 205 Å². The number of carbonyl (C=O) groups is 12. The topological polar surface area (TPSA) is 462 Å². The van der Waals surface area contributed by atoms with Crippen LogP contribution in [0.2, 0.25) is 0 Å². The number of ether oxygens (including phenoxy) is 3. The molecule has 2 aliphatic heterocycles. The smallest absolute Gasteiger partial charge is 0.303 e. The molecular weight excluding hydrogens is 1360 g/mol. The van der Waals surface area contributed by atoms with Crippen LogP contribution in [0.4, 0.5) is 0 Å². The zero-order valence-electron chi connectivity index (χ0n) is 58.2. The highest BCUT2D eigenvalue weighted by molar-refractivity contribution is 7.98. The molecule has 0 unspecified atom stereocenters. The molecule has 2 heterocycles. The first-order valence-electron chi connectivity index (χ1n) is 34.0. The largest absolute Gasteiger partial charge is 0.508 e. The van der Waals surface area contributed by atoms with Crippen molar-refractivity contribution in [2.24, 2.45) is 11.8 Å². The van der Waals surface area contributed by atoms with Gasteiger partial charge in [0.1, 0.15) is 77.6 Å². The number of aromatic hydroxyl groups is 3. The van der Waals surface area contributed by atoms with Crippen molar-refractivity contribution in [1.29, 1.82) is 0 Å². The molecular formula is C72H90N8O22S. The Labute approximate surface area is 598 Å². The normalized spacial score (nSPS) is 21.3. The van der Waals surface area contributed by atoms with Crippen molar-refractivity contribution >= 4 is 82.3 Å². The highest BCUT2D eigenvalue weighted by Gasteiger charge is 2.51. The quantitative estimate of drug-likeness (QED) is 0.0272. The third-order valence-corrected chi connectivity index (χ3v) is 19.5. The first kappa shape index (κ1) is 79.2. The molecule has 4 aromatic rings. The highest BCUT2D eigenvalue weighted by atomic mass is 32.2. The molecule has 12 atom stereocenters. The molecule has 103 heavy (non-hydrogen) atoms.